The third-order valence-corrected chi connectivity index (χ3v) is 5.41. The van der Waals surface area contributed by atoms with E-state index in [1.807, 2.05) is 19.1 Å². The quantitative estimate of drug-likeness (QED) is 0.729. The Morgan fingerprint density at radius 1 is 1.26 bits per heavy atom. The molecule has 140 valence electrons. The lowest BCUT2D eigenvalue weighted by atomic mass is 9.89. The van der Waals surface area contributed by atoms with Crippen LogP contribution in [0.25, 0.3) is 10.9 Å². The van der Waals surface area contributed by atoms with Crippen molar-refractivity contribution < 1.29 is 19.1 Å². The van der Waals surface area contributed by atoms with Gasteiger partial charge in [0.1, 0.15) is 11.3 Å². The maximum absolute atomic E-state index is 12.7. The molecule has 0 radical (unpaired) electrons. The zero-order chi connectivity index (χ0) is 19.0. The van der Waals surface area contributed by atoms with Gasteiger partial charge < -0.3 is 19.4 Å². The number of aromatic nitrogens is 1. The number of hydrogen-bond donors (Lipinski definition) is 2. The Hall–Kier alpha value is -3.02. The van der Waals surface area contributed by atoms with Crippen molar-refractivity contribution in [3.05, 3.63) is 59.2 Å². The van der Waals surface area contributed by atoms with Gasteiger partial charge in [-0.05, 0) is 30.4 Å². The van der Waals surface area contributed by atoms with E-state index in [2.05, 4.69) is 23.3 Å². The van der Waals surface area contributed by atoms with Gasteiger partial charge in [-0.25, -0.2) is 4.79 Å². The number of carbonyl (C=O) groups excluding carboxylic acids is 1. The third-order valence-electron chi connectivity index (χ3n) is 5.41. The first-order valence-corrected chi connectivity index (χ1v) is 9.29. The second-order valence-corrected chi connectivity index (χ2v) is 6.96. The lowest BCUT2D eigenvalue weighted by Crippen LogP contribution is -2.37. The van der Waals surface area contributed by atoms with Crippen molar-refractivity contribution in [2.24, 2.45) is 0 Å². The van der Waals surface area contributed by atoms with E-state index in [-0.39, 0.29) is 17.2 Å². The average molecular weight is 366 g/mol. The van der Waals surface area contributed by atoms with Gasteiger partial charge in [-0.3, -0.25) is 4.79 Å². The van der Waals surface area contributed by atoms with E-state index in [1.54, 1.807) is 4.90 Å². The Balaban J connectivity index is 1.47. The Morgan fingerprint density at radius 3 is 2.67 bits per heavy atom. The SMILES string of the molecule is CCc1oc(C(=O)N2CCC(c3c[nH]c4ccccc34)CC2)cc1C(=O)O. The van der Waals surface area contributed by atoms with Crippen LogP contribution in [0.3, 0.4) is 0 Å². The number of likely N-dealkylation sites (tertiary alicyclic amines) is 1. The summed E-state index contributed by atoms with van der Waals surface area (Å²) in [6.45, 7) is 3.08. The average Bonchev–Trinajstić information content (AvgIpc) is 3.32. The van der Waals surface area contributed by atoms with Gasteiger partial charge in [0.15, 0.2) is 5.76 Å². The monoisotopic (exact) mass is 366 g/mol. The number of carbonyl (C=O) groups is 2. The van der Waals surface area contributed by atoms with E-state index in [0.29, 0.717) is 31.2 Å². The number of benzene rings is 1. The number of carboxylic acid groups (broad SMARTS) is 1. The van der Waals surface area contributed by atoms with Gasteiger partial charge in [-0.1, -0.05) is 25.1 Å². The number of para-hydroxylation sites is 1. The molecule has 6 nitrogen and oxygen atoms in total. The number of H-pyrrole nitrogens is 1. The van der Waals surface area contributed by atoms with Crippen LogP contribution in [0.15, 0.2) is 40.9 Å². The maximum Gasteiger partial charge on any atom is 0.339 e. The molecule has 4 rings (SSSR count). The van der Waals surface area contributed by atoms with Crippen LogP contribution in [0.5, 0.6) is 0 Å². The fourth-order valence-electron chi connectivity index (χ4n) is 3.96. The standard InChI is InChI=1S/C21H22N2O4/c1-2-18-15(21(25)26)11-19(27-18)20(24)23-9-7-13(8-10-23)16-12-22-17-6-4-3-5-14(16)17/h3-6,11-13,22H,2,7-10H2,1H3,(H,25,26). The van der Waals surface area contributed by atoms with Gasteiger partial charge in [0.25, 0.3) is 5.91 Å². The number of furan rings is 1. The molecule has 27 heavy (non-hydrogen) atoms. The molecule has 3 heterocycles. The topological polar surface area (TPSA) is 86.5 Å². The zero-order valence-corrected chi connectivity index (χ0v) is 15.2. The fraction of sp³-hybridized carbons (Fsp3) is 0.333. The molecule has 1 aromatic carbocycles. The molecule has 3 aromatic rings. The van der Waals surface area contributed by atoms with Crippen molar-refractivity contribution in [3.8, 4) is 0 Å². The molecular formula is C21H22N2O4. The van der Waals surface area contributed by atoms with Crippen LogP contribution in [0.1, 0.15) is 57.9 Å². The number of fused-ring (bicyclic) bond motifs is 1. The van der Waals surface area contributed by atoms with Crippen LogP contribution in [0.4, 0.5) is 0 Å². The molecule has 1 amide bonds. The first-order valence-electron chi connectivity index (χ1n) is 9.29. The summed E-state index contributed by atoms with van der Waals surface area (Å²) < 4.78 is 5.52. The summed E-state index contributed by atoms with van der Waals surface area (Å²) in [5.74, 6) is -0.417. The molecule has 0 saturated carbocycles. The number of piperidine rings is 1. The van der Waals surface area contributed by atoms with E-state index in [0.717, 1.165) is 18.4 Å². The molecule has 0 unspecified atom stereocenters. The van der Waals surface area contributed by atoms with E-state index >= 15 is 0 Å². The minimum absolute atomic E-state index is 0.0783. The lowest BCUT2D eigenvalue weighted by molar-refractivity contribution is 0.0674. The molecule has 1 aliphatic rings. The Bertz CT molecular complexity index is 993. The highest BCUT2D eigenvalue weighted by Gasteiger charge is 2.29. The minimum Gasteiger partial charge on any atom is -0.478 e. The number of nitrogens with one attached hydrogen (secondary N) is 1. The van der Waals surface area contributed by atoms with E-state index in [4.69, 9.17) is 4.42 Å². The molecule has 1 aliphatic heterocycles. The first-order chi connectivity index (χ1) is 13.1. The predicted octanol–water partition coefficient (Wildman–Crippen LogP) is 4.04. The van der Waals surface area contributed by atoms with Crippen molar-refractivity contribution >= 4 is 22.8 Å². The highest BCUT2D eigenvalue weighted by atomic mass is 16.4. The summed E-state index contributed by atoms with van der Waals surface area (Å²) >= 11 is 0. The number of aromatic amines is 1. The number of amides is 1. The van der Waals surface area contributed by atoms with Crippen molar-refractivity contribution in [2.75, 3.05) is 13.1 Å². The lowest BCUT2D eigenvalue weighted by Gasteiger charge is -2.31. The van der Waals surface area contributed by atoms with Gasteiger partial charge in [0.05, 0.1) is 0 Å². The summed E-state index contributed by atoms with van der Waals surface area (Å²) in [7, 11) is 0. The highest BCUT2D eigenvalue weighted by molar-refractivity contribution is 5.96. The fourth-order valence-corrected chi connectivity index (χ4v) is 3.96. The van der Waals surface area contributed by atoms with Crippen LogP contribution in [0, 0.1) is 0 Å². The summed E-state index contributed by atoms with van der Waals surface area (Å²) in [6.07, 6.45) is 4.27. The van der Waals surface area contributed by atoms with Gasteiger partial charge in [0, 0.05) is 42.7 Å². The molecule has 2 aromatic heterocycles. The Kier molecular flexibility index (Phi) is 4.48. The highest BCUT2D eigenvalue weighted by Crippen LogP contribution is 2.33. The van der Waals surface area contributed by atoms with Gasteiger partial charge >= 0.3 is 5.97 Å². The van der Waals surface area contributed by atoms with Gasteiger partial charge in [-0.15, -0.1) is 0 Å². The van der Waals surface area contributed by atoms with E-state index in [1.165, 1.54) is 17.0 Å². The summed E-state index contributed by atoms with van der Waals surface area (Å²) in [5, 5.41) is 10.5. The predicted molar refractivity (Wildman–Crippen MR) is 101 cm³/mol. The van der Waals surface area contributed by atoms with Crippen LogP contribution in [-0.2, 0) is 6.42 Å². The number of carboxylic acids is 1. The minimum atomic E-state index is -1.06. The van der Waals surface area contributed by atoms with E-state index < -0.39 is 5.97 Å². The molecular weight excluding hydrogens is 344 g/mol. The van der Waals surface area contributed by atoms with Gasteiger partial charge in [-0.2, -0.15) is 0 Å². The number of aromatic carboxylic acids is 1. The summed E-state index contributed by atoms with van der Waals surface area (Å²) in [6, 6.07) is 9.61. The Labute approximate surface area is 156 Å². The third kappa shape index (κ3) is 3.12. The maximum atomic E-state index is 12.7. The zero-order valence-electron chi connectivity index (χ0n) is 15.2. The van der Waals surface area contributed by atoms with Crippen LogP contribution < -0.4 is 0 Å². The van der Waals surface area contributed by atoms with Crippen molar-refractivity contribution in [3.63, 3.8) is 0 Å². The smallest absolute Gasteiger partial charge is 0.339 e. The second-order valence-electron chi connectivity index (χ2n) is 6.96. The van der Waals surface area contributed by atoms with Crippen LogP contribution >= 0.6 is 0 Å². The summed E-state index contributed by atoms with van der Waals surface area (Å²) in [4.78, 5) is 29.1. The number of hydrogen-bond acceptors (Lipinski definition) is 3. The first kappa shape index (κ1) is 17.4. The number of rotatable bonds is 4. The summed E-state index contributed by atoms with van der Waals surface area (Å²) in [5.41, 5.74) is 2.52. The molecule has 6 heteroatoms. The van der Waals surface area contributed by atoms with Crippen molar-refractivity contribution in [1.82, 2.24) is 9.88 Å². The number of nitrogens with zero attached hydrogens (tertiary/aromatic N) is 1. The Morgan fingerprint density at radius 2 is 2.00 bits per heavy atom. The van der Waals surface area contributed by atoms with Crippen LogP contribution in [0.2, 0.25) is 0 Å². The largest absolute Gasteiger partial charge is 0.478 e. The molecule has 0 atom stereocenters. The normalized spacial score (nSPS) is 15.4. The number of aryl methyl sites for hydroxylation is 1. The molecule has 2 N–H and O–H groups in total. The van der Waals surface area contributed by atoms with Crippen molar-refractivity contribution in [2.45, 2.75) is 32.1 Å². The molecule has 0 aliphatic carbocycles. The second kappa shape index (κ2) is 6.95. The molecule has 1 fully saturated rings. The molecule has 0 spiro atoms. The molecule has 0 bridgehead atoms. The van der Waals surface area contributed by atoms with E-state index in [9.17, 15) is 14.7 Å². The molecule has 1 saturated heterocycles. The van der Waals surface area contributed by atoms with Crippen molar-refractivity contribution in [1.29, 1.82) is 0 Å². The van der Waals surface area contributed by atoms with Crippen LogP contribution in [-0.4, -0.2) is 40.0 Å². The van der Waals surface area contributed by atoms with Gasteiger partial charge in [0.2, 0.25) is 0 Å².